The molecule has 0 bridgehead atoms. The van der Waals surface area contributed by atoms with Gasteiger partial charge in [0, 0.05) is 23.0 Å². The minimum absolute atomic E-state index is 0.190. The molecule has 0 aliphatic carbocycles. The van der Waals surface area contributed by atoms with E-state index >= 15 is 0 Å². The van der Waals surface area contributed by atoms with Crippen molar-refractivity contribution in [3.63, 3.8) is 0 Å². The van der Waals surface area contributed by atoms with Crippen molar-refractivity contribution in [2.24, 2.45) is 0 Å². The third-order valence-corrected chi connectivity index (χ3v) is 4.51. The Morgan fingerprint density at radius 2 is 1.89 bits per heavy atom. The molecule has 11 heteroatoms. The molecule has 0 radical (unpaired) electrons. The van der Waals surface area contributed by atoms with Gasteiger partial charge in [0.05, 0.1) is 22.8 Å². The molecule has 1 amide bonds. The number of carbonyl (C=O) groups excluding carboxylic acids is 1. The zero-order valence-electron chi connectivity index (χ0n) is 13.1. The molecule has 1 aromatic heterocycles. The summed E-state index contributed by atoms with van der Waals surface area (Å²) in [6.45, 7) is -0.405. The molecule has 1 aliphatic heterocycles. The van der Waals surface area contributed by atoms with Crippen molar-refractivity contribution in [3.8, 4) is 0 Å². The Labute approximate surface area is 159 Å². The van der Waals surface area contributed by atoms with E-state index in [0.717, 1.165) is 12.1 Å². The lowest BCUT2D eigenvalue weighted by Crippen LogP contribution is -2.34. The number of alkyl halides is 5. The zero-order valence-corrected chi connectivity index (χ0v) is 14.6. The summed E-state index contributed by atoms with van der Waals surface area (Å²) in [7, 11) is 0. The number of hydrogen-bond donors (Lipinski definition) is 1. The van der Waals surface area contributed by atoms with E-state index in [-0.39, 0.29) is 10.6 Å². The normalized spacial score (nSPS) is 17.2. The number of rotatable bonds is 3. The van der Waals surface area contributed by atoms with Crippen LogP contribution in [0.5, 0.6) is 0 Å². The van der Waals surface area contributed by atoms with Crippen LogP contribution in [0.3, 0.4) is 0 Å². The first-order chi connectivity index (χ1) is 12.4. The summed E-state index contributed by atoms with van der Waals surface area (Å²) < 4.78 is 68.0. The molecule has 0 saturated carbocycles. The highest BCUT2D eigenvalue weighted by Gasteiger charge is 2.57. The number of aromatic nitrogens is 1. The van der Waals surface area contributed by atoms with Crippen LogP contribution in [0.25, 0.3) is 0 Å². The summed E-state index contributed by atoms with van der Waals surface area (Å²) >= 11 is 11.4. The molecule has 0 spiro atoms. The van der Waals surface area contributed by atoms with E-state index in [4.69, 9.17) is 23.2 Å². The second kappa shape index (κ2) is 6.57. The number of pyridine rings is 1. The number of halogens is 7. The first kappa shape index (κ1) is 19.8. The largest absolute Gasteiger partial charge is 0.418 e. The van der Waals surface area contributed by atoms with Crippen LogP contribution in [0.2, 0.25) is 10.0 Å². The molecule has 4 nitrogen and oxygen atoms in total. The fourth-order valence-electron chi connectivity index (χ4n) is 2.84. The molecule has 2 heterocycles. The number of anilines is 1. The topological polar surface area (TPSA) is 53.4 Å². The lowest BCUT2D eigenvalue weighted by Gasteiger charge is -2.21. The highest BCUT2D eigenvalue weighted by Crippen LogP contribution is 2.52. The van der Waals surface area contributed by atoms with Crippen molar-refractivity contribution < 1.29 is 31.9 Å². The first-order valence-corrected chi connectivity index (χ1v) is 8.07. The molecule has 0 unspecified atom stereocenters. The third-order valence-electron chi connectivity index (χ3n) is 3.97. The maximum atomic E-state index is 14.6. The van der Waals surface area contributed by atoms with Gasteiger partial charge in [0.25, 0.3) is 0 Å². The van der Waals surface area contributed by atoms with Crippen molar-refractivity contribution in [2.45, 2.75) is 24.7 Å². The van der Waals surface area contributed by atoms with Gasteiger partial charge in [0.1, 0.15) is 0 Å². The number of amides is 1. The molecule has 2 aromatic rings. The lowest BCUT2D eigenvalue weighted by atomic mass is 9.97. The van der Waals surface area contributed by atoms with Gasteiger partial charge in [-0.3, -0.25) is 9.78 Å². The average Bonchev–Trinajstić information content (AvgIpc) is 2.75. The van der Waals surface area contributed by atoms with Gasteiger partial charge >= 0.3 is 18.0 Å². The zero-order chi connectivity index (χ0) is 20.1. The van der Waals surface area contributed by atoms with Gasteiger partial charge in [-0.1, -0.05) is 23.2 Å². The number of aliphatic hydroxyl groups excluding tert-OH is 1. The van der Waals surface area contributed by atoms with Gasteiger partial charge in [-0.25, -0.2) is 0 Å². The fourth-order valence-corrected chi connectivity index (χ4v) is 3.29. The van der Waals surface area contributed by atoms with E-state index in [0.29, 0.717) is 4.90 Å². The summed E-state index contributed by atoms with van der Waals surface area (Å²) in [6, 6.07) is 3.29. The molecule has 27 heavy (non-hydrogen) atoms. The Morgan fingerprint density at radius 3 is 2.48 bits per heavy atom. The third kappa shape index (κ3) is 3.35. The Balaban J connectivity index is 2.16. The molecule has 0 fully saturated rings. The van der Waals surface area contributed by atoms with Gasteiger partial charge in [0.2, 0.25) is 0 Å². The molecule has 1 atom stereocenters. The van der Waals surface area contributed by atoms with E-state index in [1.807, 2.05) is 0 Å². The number of fused-ring (bicyclic) bond motifs is 1. The summed E-state index contributed by atoms with van der Waals surface area (Å²) in [4.78, 5) is 16.6. The van der Waals surface area contributed by atoms with Gasteiger partial charge < -0.3 is 10.0 Å². The van der Waals surface area contributed by atoms with E-state index in [2.05, 4.69) is 4.98 Å². The Kier molecular flexibility index (Phi) is 4.82. The highest BCUT2D eigenvalue weighted by atomic mass is 35.5. The van der Waals surface area contributed by atoms with Crippen LogP contribution in [0, 0.1) is 0 Å². The number of nitrogens with zero attached hydrogens (tertiary/aromatic N) is 2. The van der Waals surface area contributed by atoms with Gasteiger partial charge in [0.15, 0.2) is 6.10 Å². The number of benzene rings is 1. The van der Waals surface area contributed by atoms with Crippen LogP contribution in [0.1, 0.15) is 22.8 Å². The summed E-state index contributed by atoms with van der Waals surface area (Å²) in [6.07, 6.45) is -5.96. The summed E-state index contributed by atoms with van der Waals surface area (Å²) in [5.41, 5.74) is -2.70. The minimum atomic E-state index is -5.25. The minimum Gasteiger partial charge on any atom is -0.379 e. The van der Waals surface area contributed by atoms with E-state index in [1.54, 1.807) is 0 Å². The van der Waals surface area contributed by atoms with Gasteiger partial charge in [-0.15, -0.1) is 0 Å². The van der Waals surface area contributed by atoms with Crippen molar-refractivity contribution in [1.82, 2.24) is 4.98 Å². The predicted molar refractivity (Wildman–Crippen MR) is 86.8 cm³/mol. The number of carbonyl (C=O) groups is 1. The first-order valence-electron chi connectivity index (χ1n) is 7.31. The Morgan fingerprint density at radius 1 is 1.22 bits per heavy atom. The monoisotopic (exact) mass is 426 g/mol. The maximum absolute atomic E-state index is 14.6. The standard InChI is InChI=1S/C16H9Cl2F5N2O2/c17-8-3-7(4-24-5-8)6-25-10-2-1-9(18)11(13(26)16(21,22)23)12(10)15(19,20)14(25)27/h1-5,13,26H,6H2/t13-/m1/s1. The van der Waals surface area contributed by atoms with Crippen LogP contribution < -0.4 is 4.90 Å². The molecular weight excluding hydrogens is 418 g/mol. The maximum Gasteiger partial charge on any atom is 0.418 e. The molecule has 0 saturated heterocycles. The smallest absolute Gasteiger partial charge is 0.379 e. The Bertz CT molecular complexity index is 920. The highest BCUT2D eigenvalue weighted by molar-refractivity contribution is 6.32. The van der Waals surface area contributed by atoms with E-state index < -0.39 is 52.5 Å². The predicted octanol–water partition coefficient (Wildman–Crippen LogP) is 4.62. The molecule has 1 N–H and O–H groups in total. The van der Waals surface area contributed by atoms with Gasteiger partial charge in [-0.2, -0.15) is 22.0 Å². The van der Waals surface area contributed by atoms with Crippen LogP contribution in [0.15, 0.2) is 30.6 Å². The summed E-state index contributed by atoms with van der Waals surface area (Å²) in [5, 5.41) is 9.00. The van der Waals surface area contributed by atoms with Crippen LogP contribution in [-0.4, -0.2) is 22.2 Å². The quantitative estimate of drug-likeness (QED) is 0.728. The molecule has 1 aromatic carbocycles. The van der Waals surface area contributed by atoms with Crippen LogP contribution >= 0.6 is 23.2 Å². The Hall–Kier alpha value is -1.97. The average molecular weight is 427 g/mol. The summed E-state index contributed by atoms with van der Waals surface area (Å²) in [5.74, 6) is -6.04. The van der Waals surface area contributed by atoms with Crippen LogP contribution in [-0.2, 0) is 17.3 Å². The van der Waals surface area contributed by atoms with Crippen molar-refractivity contribution >= 4 is 34.8 Å². The molecule has 3 rings (SSSR count). The van der Waals surface area contributed by atoms with E-state index in [9.17, 15) is 31.9 Å². The van der Waals surface area contributed by atoms with Gasteiger partial charge in [-0.05, 0) is 23.8 Å². The SMILES string of the molecule is O=C1N(Cc2cncc(Cl)c2)c2ccc(Cl)c([C@@H](O)C(F)(F)F)c2C1(F)F. The second-order valence-corrected chi connectivity index (χ2v) is 6.62. The molecular formula is C16H9Cl2F5N2O2. The number of aliphatic hydroxyl groups is 1. The molecule has 144 valence electrons. The fraction of sp³-hybridized carbons (Fsp3) is 0.250. The lowest BCUT2D eigenvalue weighted by molar-refractivity contribution is -0.207. The van der Waals surface area contributed by atoms with Crippen molar-refractivity contribution in [3.05, 3.63) is 57.3 Å². The van der Waals surface area contributed by atoms with E-state index in [1.165, 1.54) is 18.5 Å². The molecule has 1 aliphatic rings. The second-order valence-electron chi connectivity index (χ2n) is 5.78. The van der Waals surface area contributed by atoms with Crippen LogP contribution in [0.4, 0.5) is 27.6 Å². The van der Waals surface area contributed by atoms with Crippen molar-refractivity contribution in [1.29, 1.82) is 0 Å². The number of hydrogen-bond acceptors (Lipinski definition) is 3. The van der Waals surface area contributed by atoms with Crippen molar-refractivity contribution in [2.75, 3.05) is 4.90 Å².